The highest BCUT2D eigenvalue weighted by Gasteiger charge is 2.63. The van der Waals surface area contributed by atoms with Crippen molar-refractivity contribution in [3.63, 3.8) is 0 Å². The van der Waals surface area contributed by atoms with E-state index < -0.39 is 58.7 Å². The number of Topliss-reactive ketones (excluding diaryl/α,β-unsaturated/α-hetero) is 2. The van der Waals surface area contributed by atoms with Crippen LogP contribution in [0.3, 0.4) is 0 Å². The fourth-order valence-corrected chi connectivity index (χ4v) is 11.9. The van der Waals surface area contributed by atoms with Gasteiger partial charge in [0.2, 0.25) is 12.6 Å². The first-order chi connectivity index (χ1) is 26.9. The molecule has 0 aromatic heterocycles. The van der Waals surface area contributed by atoms with Crippen LogP contribution in [-0.4, -0.2) is 110 Å². The minimum absolute atomic E-state index is 0.0273. The highest BCUT2D eigenvalue weighted by molar-refractivity contribution is 7.99. The Labute approximate surface area is 326 Å². The number of piperazine rings is 1. The number of hydrogen-bond donors (Lipinski definition) is 2. The molecule has 4 bridgehead atoms. The molecule has 16 heteroatoms. The van der Waals surface area contributed by atoms with Crippen LogP contribution in [-0.2, 0) is 40.6 Å². The van der Waals surface area contributed by atoms with E-state index in [1.165, 1.54) is 32.9 Å². The lowest BCUT2D eigenvalue weighted by molar-refractivity contribution is -0.157. The lowest BCUT2D eigenvalue weighted by Crippen LogP contribution is -2.73. The molecule has 2 aromatic rings. The smallest absolute Gasteiger partial charge is 0.331 e. The number of methoxy groups -OCH3 is 2. The van der Waals surface area contributed by atoms with Gasteiger partial charge in [-0.15, -0.1) is 11.8 Å². The van der Waals surface area contributed by atoms with E-state index in [9.17, 15) is 29.5 Å². The van der Waals surface area contributed by atoms with E-state index in [1.807, 2.05) is 16.8 Å². The highest BCUT2D eigenvalue weighted by Crippen LogP contribution is 2.63. The first kappa shape index (κ1) is 36.6. The summed E-state index contributed by atoms with van der Waals surface area (Å²) in [7, 11) is 4.67. The topological polar surface area (TPSA) is 186 Å². The van der Waals surface area contributed by atoms with Crippen molar-refractivity contribution in [2.75, 3.05) is 47.0 Å². The number of nitrogens with zero attached hydrogens (tertiary/aromatic N) is 3. The van der Waals surface area contributed by atoms with Crippen LogP contribution in [0, 0.1) is 18.3 Å². The van der Waals surface area contributed by atoms with Crippen molar-refractivity contribution in [1.29, 1.82) is 5.26 Å². The highest BCUT2D eigenvalue weighted by atomic mass is 32.2. The van der Waals surface area contributed by atoms with Gasteiger partial charge >= 0.3 is 11.9 Å². The van der Waals surface area contributed by atoms with Crippen molar-refractivity contribution in [3.05, 3.63) is 62.4 Å². The van der Waals surface area contributed by atoms with Gasteiger partial charge in [-0.05, 0) is 57.0 Å². The number of esters is 2. The summed E-state index contributed by atoms with van der Waals surface area (Å²) in [6.45, 7) is 4.71. The quantitative estimate of drug-likeness (QED) is 0.263. The molecule has 0 saturated carbocycles. The SMILES string of the molecule is COC1=C(C)C(=O)C2=C(C1=O)[C@@H]1C3[C@@H]4SC[C@]5(NCCc6cc(O)c(OC)cc65)C(=O)OC[C@H](c5c6c(c(C)c(OC(C)=O)c54)OCO6)N3[C@@H](C#N)[C@@H](C2)N1C. The Balaban J connectivity index is 1.33. The van der Waals surface area contributed by atoms with Crippen molar-refractivity contribution in [2.45, 2.75) is 74.6 Å². The van der Waals surface area contributed by atoms with Crippen LogP contribution in [0.25, 0.3) is 0 Å². The van der Waals surface area contributed by atoms with E-state index in [-0.39, 0.29) is 59.9 Å². The summed E-state index contributed by atoms with van der Waals surface area (Å²) in [5.41, 5.74) is 2.47. The van der Waals surface area contributed by atoms with Crippen LogP contribution in [0.2, 0.25) is 0 Å². The van der Waals surface area contributed by atoms with Gasteiger partial charge in [-0.1, -0.05) is 0 Å². The standard InChI is InChI=1S/C40H40N4O11S/c1-16-32(47)20-10-22-23(12-41)44-24-13-52-39(49)40(21-11-26(50-5)25(46)9-19(21)7-8-42-40)14-56-38(31(44)30(43(22)4)27(20)33(48)35(16)51-6)29-28(24)37-36(53-15-54-37)17(2)34(29)55-18(3)45/h9,11,22-24,30-31,38,42,46H,7-8,10,13-15H2,1-6H3/t22-,23+,24-,30-,31?,38-,40-/m1/s1. The molecule has 2 aromatic carbocycles. The summed E-state index contributed by atoms with van der Waals surface area (Å²) in [6.07, 6.45) is 0.666. The molecule has 0 amide bonds. The minimum Gasteiger partial charge on any atom is -0.504 e. The summed E-state index contributed by atoms with van der Waals surface area (Å²) >= 11 is 1.39. The molecule has 15 nitrogen and oxygen atoms in total. The van der Waals surface area contributed by atoms with Crippen molar-refractivity contribution in [1.82, 2.24) is 15.1 Å². The number of carbonyl (C=O) groups excluding carboxylic acids is 4. The number of phenolic OH excluding ortho intramolecular Hbond substituents is 1. The largest absolute Gasteiger partial charge is 0.504 e. The fourth-order valence-electron chi connectivity index (χ4n) is 10.2. The van der Waals surface area contributed by atoms with E-state index in [0.717, 1.165) is 5.56 Å². The molecule has 2 N–H and O–H groups in total. The molecule has 1 aliphatic carbocycles. The maximum atomic E-state index is 14.7. The van der Waals surface area contributed by atoms with Gasteiger partial charge in [0.15, 0.2) is 40.1 Å². The molecule has 10 rings (SSSR count). The molecule has 0 radical (unpaired) electrons. The molecular weight excluding hydrogens is 745 g/mol. The molecule has 7 aliphatic heterocycles. The van der Waals surface area contributed by atoms with Crippen molar-refractivity contribution < 1.29 is 52.7 Å². The maximum absolute atomic E-state index is 14.7. The molecule has 2 saturated heterocycles. The number of thioether (sulfide) groups is 1. The van der Waals surface area contributed by atoms with Crippen molar-refractivity contribution >= 4 is 35.3 Å². The minimum atomic E-state index is -1.43. The summed E-state index contributed by atoms with van der Waals surface area (Å²) < 4.78 is 35.7. The lowest BCUT2D eigenvalue weighted by Gasteiger charge is -2.62. The lowest BCUT2D eigenvalue weighted by atomic mass is 9.68. The third-order valence-corrected chi connectivity index (χ3v) is 14.1. The van der Waals surface area contributed by atoms with Crippen molar-refractivity contribution in [3.8, 4) is 34.8 Å². The van der Waals surface area contributed by atoms with Crippen LogP contribution in [0.15, 0.2) is 34.6 Å². The molecule has 8 aliphatic rings. The second kappa shape index (κ2) is 13.0. The Morgan fingerprint density at radius 2 is 1.86 bits per heavy atom. The number of likely N-dealkylation sites (N-methyl/N-ethyl adjacent to an activating group) is 1. The number of benzene rings is 2. The molecule has 7 heterocycles. The Hall–Kier alpha value is -5.08. The van der Waals surface area contributed by atoms with Gasteiger partial charge < -0.3 is 33.5 Å². The third-order valence-electron chi connectivity index (χ3n) is 12.6. The number of rotatable bonds is 3. The van der Waals surface area contributed by atoms with E-state index in [2.05, 4.69) is 11.4 Å². The monoisotopic (exact) mass is 784 g/mol. The van der Waals surface area contributed by atoms with Crippen LogP contribution >= 0.6 is 11.8 Å². The van der Waals surface area contributed by atoms with Gasteiger partial charge in [-0.25, -0.2) is 4.79 Å². The molecule has 7 atom stereocenters. The Morgan fingerprint density at radius 3 is 2.57 bits per heavy atom. The molecule has 1 spiro atoms. The van der Waals surface area contributed by atoms with Crippen LogP contribution in [0.4, 0.5) is 0 Å². The van der Waals surface area contributed by atoms with Crippen LogP contribution in [0.5, 0.6) is 28.7 Å². The second-order valence-electron chi connectivity index (χ2n) is 15.2. The first-order valence-corrected chi connectivity index (χ1v) is 19.5. The zero-order valence-electron chi connectivity index (χ0n) is 31.6. The molecule has 56 heavy (non-hydrogen) atoms. The third kappa shape index (κ3) is 4.80. The number of nitriles is 1. The van der Waals surface area contributed by atoms with Gasteiger partial charge in [-0.2, -0.15) is 5.26 Å². The maximum Gasteiger partial charge on any atom is 0.331 e. The van der Waals surface area contributed by atoms with Gasteiger partial charge in [0.05, 0.1) is 37.6 Å². The second-order valence-corrected chi connectivity index (χ2v) is 16.3. The Bertz CT molecular complexity index is 2280. The molecule has 2 fully saturated rings. The average Bonchev–Trinajstić information content (AvgIpc) is 3.67. The number of allylic oxidation sites excluding steroid dienone is 2. The first-order valence-electron chi connectivity index (χ1n) is 18.4. The Morgan fingerprint density at radius 1 is 1.09 bits per heavy atom. The van der Waals surface area contributed by atoms with Gasteiger partial charge in [0, 0.05) is 64.7 Å². The number of nitrogens with one attached hydrogen (secondary N) is 1. The van der Waals surface area contributed by atoms with Crippen molar-refractivity contribution in [2.24, 2.45) is 0 Å². The number of hydrogen-bond acceptors (Lipinski definition) is 16. The molecule has 1 unspecified atom stereocenters. The summed E-state index contributed by atoms with van der Waals surface area (Å²) in [5, 5.41) is 24.6. The summed E-state index contributed by atoms with van der Waals surface area (Å²) in [6, 6.07) is 2.11. The van der Waals surface area contributed by atoms with E-state index in [0.29, 0.717) is 57.9 Å². The number of ether oxygens (including phenoxy) is 6. The zero-order chi connectivity index (χ0) is 39.5. The number of carbonyl (C=O) groups is 4. The van der Waals surface area contributed by atoms with E-state index >= 15 is 0 Å². The summed E-state index contributed by atoms with van der Waals surface area (Å²) in [5.74, 6) is -0.609. The van der Waals surface area contributed by atoms with Crippen LogP contribution in [0.1, 0.15) is 59.4 Å². The predicted octanol–water partition coefficient (Wildman–Crippen LogP) is 2.81. The normalized spacial score (nSPS) is 30.6. The number of aromatic hydroxyl groups is 1. The van der Waals surface area contributed by atoms with Gasteiger partial charge in [0.1, 0.15) is 18.4 Å². The van der Waals surface area contributed by atoms with E-state index in [4.69, 9.17) is 28.4 Å². The number of fused-ring (bicyclic) bond motifs is 8. The summed E-state index contributed by atoms with van der Waals surface area (Å²) in [4.78, 5) is 60.3. The molecular formula is C40H40N4O11S. The Kier molecular flexibility index (Phi) is 8.48. The number of phenols is 1. The number of ketones is 2. The van der Waals surface area contributed by atoms with E-state index in [1.54, 1.807) is 26.0 Å². The van der Waals surface area contributed by atoms with Gasteiger partial charge in [0.25, 0.3) is 0 Å². The predicted molar refractivity (Wildman–Crippen MR) is 197 cm³/mol. The van der Waals surface area contributed by atoms with Crippen LogP contribution < -0.4 is 24.3 Å². The zero-order valence-corrected chi connectivity index (χ0v) is 32.5. The van der Waals surface area contributed by atoms with Gasteiger partial charge in [-0.3, -0.25) is 29.5 Å². The fraction of sp³-hybridized carbons (Fsp3) is 0.475. The molecule has 292 valence electrons. The average molecular weight is 785 g/mol.